The number of carbonyl (C=O) groups is 4. The first-order valence-electron chi connectivity index (χ1n) is 18.4. The van der Waals surface area contributed by atoms with E-state index in [0.29, 0.717) is 24.7 Å². The number of fused-ring (bicyclic) bond motifs is 1. The lowest BCUT2D eigenvalue weighted by atomic mass is 10.0. The quantitative estimate of drug-likeness (QED) is 0.164. The van der Waals surface area contributed by atoms with Crippen molar-refractivity contribution in [3.8, 4) is 23.1 Å². The molecule has 2 aliphatic heterocycles. The number of ether oxygens (including phenoxy) is 2. The minimum absolute atomic E-state index is 0.109. The lowest BCUT2D eigenvalue weighted by molar-refractivity contribution is -0.136. The molecule has 0 unspecified atom stereocenters. The highest BCUT2D eigenvalue weighted by Gasteiger charge is 2.39. The molecule has 2 saturated heterocycles. The highest BCUT2D eigenvalue weighted by Crippen LogP contribution is 2.34. The Morgan fingerprint density at radius 3 is 1.85 bits per heavy atom. The molecule has 14 heteroatoms. The number of imidazole rings is 2. The molecule has 6 rings (SSSR count). The Morgan fingerprint density at radius 1 is 0.759 bits per heavy atom. The standard InChI is InChI=1S/C40H48N8O6/c1-23(2)33(45-39(51)53-5)37(49)47-19-7-9-31(47)35-41-22-30(44-35)27-16-13-25(14-17-27)11-12-26-15-18-28-29(21-26)43-36(42-28)32-10-8-20-48(32)38(50)34(24(3)4)46-40(52)54-6/h13-18,21-24,31-34H,7-10,19-20H2,1-6H3,(H,41,44)(H,42,43)(H,45,51)(H,46,52)/t31-,32-,33+,34+/m0/s1. The van der Waals surface area contributed by atoms with E-state index in [2.05, 4.69) is 37.4 Å². The third-order valence-corrected chi connectivity index (χ3v) is 10.1. The minimum Gasteiger partial charge on any atom is -0.453 e. The number of nitrogens with zero attached hydrogens (tertiary/aromatic N) is 4. The number of carbonyl (C=O) groups excluding carboxylic acids is 4. The maximum absolute atomic E-state index is 13.5. The van der Waals surface area contributed by atoms with Crippen LogP contribution in [0.1, 0.15) is 88.2 Å². The van der Waals surface area contributed by atoms with Crippen molar-refractivity contribution in [2.45, 2.75) is 77.5 Å². The Hall–Kier alpha value is -5.84. The molecule has 2 aliphatic rings. The molecule has 0 bridgehead atoms. The number of amides is 4. The van der Waals surface area contributed by atoms with E-state index in [-0.39, 0.29) is 35.7 Å². The van der Waals surface area contributed by atoms with Gasteiger partial charge in [-0.05, 0) is 73.4 Å². The lowest BCUT2D eigenvalue weighted by Gasteiger charge is -2.30. The Bertz CT molecular complexity index is 2060. The van der Waals surface area contributed by atoms with E-state index < -0.39 is 24.3 Å². The van der Waals surface area contributed by atoms with Crippen molar-refractivity contribution in [2.75, 3.05) is 27.3 Å². The van der Waals surface area contributed by atoms with Crippen LogP contribution >= 0.6 is 0 Å². The fourth-order valence-electron chi connectivity index (χ4n) is 7.18. The predicted octanol–water partition coefficient (Wildman–Crippen LogP) is 5.44. The van der Waals surface area contributed by atoms with Crippen LogP contribution in [0.2, 0.25) is 0 Å². The number of rotatable bonds is 9. The summed E-state index contributed by atoms with van der Waals surface area (Å²) in [6, 6.07) is 11.9. The van der Waals surface area contributed by atoms with Gasteiger partial charge >= 0.3 is 12.2 Å². The van der Waals surface area contributed by atoms with Crippen LogP contribution in [0.25, 0.3) is 22.3 Å². The summed E-state index contributed by atoms with van der Waals surface area (Å²) in [7, 11) is 2.57. The summed E-state index contributed by atoms with van der Waals surface area (Å²) in [6.45, 7) is 8.75. The summed E-state index contributed by atoms with van der Waals surface area (Å²) in [6.07, 6.45) is 3.74. The molecule has 0 spiro atoms. The van der Waals surface area contributed by atoms with Crippen molar-refractivity contribution in [1.82, 2.24) is 40.4 Å². The average molecular weight is 737 g/mol. The molecule has 284 valence electrons. The Kier molecular flexibility index (Phi) is 11.5. The molecule has 0 radical (unpaired) electrons. The second kappa shape index (κ2) is 16.4. The molecule has 0 saturated carbocycles. The van der Waals surface area contributed by atoms with Crippen molar-refractivity contribution in [1.29, 1.82) is 0 Å². The van der Waals surface area contributed by atoms with E-state index >= 15 is 0 Å². The number of aromatic amines is 2. The van der Waals surface area contributed by atoms with Crippen LogP contribution in [0, 0.1) is 23.7 Å². The molecule has 2 aromatic heterocycles. The van der Waals surface area contributed by atoms with Gasteiger partial charge in [-0.15, -0.1) is 0 Å². The zero-order chi connectivity index (χ0) is 38.5. The van der Waals surface area contributed by atoms with E-state index in [0.717, 1.165) is 59.1 Å². The number of hydrogen-bond acceptors (Lipinski definition) is 8. The van der Waals surface area contributed by atoms with E-state index in [1.807, 2.05) is 70.2 Å². The van der Waals surface area contributed by atoms with E-state index in [4.69, 9.17) is 14.5 Å². The van der Waals surface area contributed by atoms with E-state index in [1.165, 1.54) is 14.2 Å². The summed E-state index contributed by atoms with van der Waals surface area (Å²) in [5.74, 6) is 7.40. The largest absolute Gasteiger partial charge is 0.453 e. The van der Waals surface area contributed by atoms with Gasteiger partial charge in [-0.3, -0.25) is 9.59 Å². The predicted molar refractivity (Wildman–Crippen MR) is 202 cm³/mol. The number of likely N-dealkylation sites (tertiary alicyclic amines) is 2. The second-order valence-electron chi connectivity index (χ2n) is 14.5. The molecule has 4 aromatic rings. The van der Waals surface area contributed by atoms with Crippen LogP contribution in [0.5, 0.6) is 0 Å². The van der Waals surface area contributed by atoms with Gasteiger partial charge in [0.25, 0.3) is 0 Å². The first-order chi connectivity index (χ1) is 26.0. The highest BCUT2D eigenvalue weighted by atomic mass is 16.5. The summed E-state index contributed by atoms with van der Waals surface area (Å²) < 4.78 is 9.49. The molecule has 54 heavy (non-hydrogen) atoms. The van der Waals surface area contributed by atoms with Gasteiger partial charge in [-0.25, -0.2) is 19.6 Å². The van der Waals surface area contributed by atoms with Gasteiger partial charge in [0.2, 0.25) is 11.8 Å². The van der Waals surface area contributed by atoms with E-state index in [9.17, 15) is 19.2 Å². The molecule has 4 N–H and O–H groups in total. The molecule has 0 aliphatic carbocycles. The smallest absolute Gasteiger partial charge is 0.407 e. The van der Waals surface area contributed by atoms with Gasteiger partial charge in [0, 0.05) is 24.2 Å². The molecule has 4 atom stereocenters. The number of benzene rings is 2. The topological polar surface area (TPSA) is 175 Å². The van der Waals surface area contributed by atoms with E-state index in [1.54, 1.807) is 16.0 Å². The summed E-state index contributed by atoms with van der Waals surface area (Å²) in [4.78, 5) is 70.8. The van der Waals surface area contributed by atoms with Crippen molar-refractivity contribution in [2.24, 2.45) is 11.8 Å². The first kappa shape index (κ1) is 37.9. The maximum Gasteiger partial charge on any atom is 0.407 e. The fraction of sp³-hybridized carbons (Fsp3) is 0.450. The molecule has 14 nitrogen and oxygen atoms in total. The number of alkyl carbamates (subject to hydrolysis) is 2. The van der Waals surface area contributed by atoms with Gasteiger partial charge in [0.05, 0.1) is 49.2 Å². The number of aromatic nitrogens is 4. The van der Waals surface area contributed by atoms with Crippen LogP contribution < -0.4 is 10.6 Å². The maximum atomic E-state index is 13.5. The van der Waals surface area contributed by atoms with Crippen LogP contribution in [0.3, 0.4) is 0 Å². The van der Waals surface area contributed by atoms with Crippen molar-refractivity contribution in [3.05, 3.63) is 71.4 Å². The molecule has 4 heterocycles. The zero-order valence-corrected chi connectivity index (χ0v) is 31.6. The average Bonchev–Trinajstić information content (AvgIpc) is 4.00. The monoisotopic (exact) mass is 736 g/mol. The fourth-order valence-corrected chi connectivity index (χ4v) is 7.18. The Labute approximate surface area is 314 Å². The summed E-state index contributed by atoms with van der Waals surface area (Å²) in [5.41, 5.74) is 5.05. The number of methoxy groups -OCH3 is 2. The van der Waals surface area contributed by atoms with Crippen LogP contribution in [-0.2, 0) is 19.1 Å². The normalized spacial score (nSPS) is 18.0. The van der Waals surface area contributed by atoms with Gasteiger partial charge in [-0.2, -0.15) is 0 Å². The number of hydrogen-bond donors (Lipinski definition) is 4. The van der Waals surface area contributed by atoms with Crippen LogP contribution in [-0.4, -0.2) is 93.1 Å². The molecule has 2 fully saturated rings. The molecule has 4 amide bonds. The van der Waals surface area contributed by atoms with Crippen LogP contribution in [0.4, 0.5) is 9.59 Å². The highest BCUT2D eigenvalue weighted by molar-refractivity contribution is 5.87. The number of H-pyrrole nitrogens is 2. The van der Waals surface area contributed by atoms with Gasteiger partial charge in [0.1, 0.15) is 23.7 Å². The Morgan fingerprint density at radius 2 is 1.30 bits per heavy atom. The van der Waals surface area contributed by atoms with Gasteiger partial charge < -0.3 is 39.9 Å². The lowest BCUT2D eigenvalue weighted by Crippen LogP contribution is -2.51. The number of nitrogens with one attached hydrogen (secondary N) is 4. The summed E-state index contributed by atoms with van der Waals surface area (Å²) >= 11 is 0. The Balaban J connectivity index is 1.12. The first-order valence-corrected chi connectivity index (χ1v) is 18.4. The third-order valence-electron chi connectivity index (χ3n) is 10.1. The SMILES string of the molecule is COC(=O)N[C@@H](C(=O)N1CCC[C@H]1c1ncc(-c2ccc(C#Cc3ccc4nc([C@@H]5CCCN5C(=O)[C@H](NC(=O)OC)C(C)C)[nH]c4c3)cc2)[nH]1)C(C)C. The van der Waals surface area contributed by atoms with Crippen molar-refractivity contribution < 1.29 is 28.7 Å². The molecular formula is C40H48N8O6. The third kappa shape index (κ3) is 8.20. The van der Waals surface area contributed by atoms with Gasteiger partial charge in [0.15, 0.2) is 0 Å². The minimum atomic E-state index is -0.697. The second-order valence-corrected chi connectivity index (χ2v) is 14.5. The van der Waals surface area contributed by atoms with Crippen LogP contribution in [0.15, 0.2) is 48.7 Å². The molecule has 2 aromatic carbocycles. The van der Waals surface area contributed by atoms with Crippen molar-refractivity contribution >= 4 is 35.0 Å². The zero-order valence-electron chi connectivity index (χ0n) is 31.6. The summed E-state index contributed by atoms with van der Waals surface area (Å²) in [5, 5.41) is 5.37. The van der Waals surface area contributed by atoms with Crippen molar-refractivity contribution in [3.63, 3.8) is 0 Å². The molecular weight excluding hydrogens is 688 g/mol. The van der Waals surface area contributed by atoms with Gasteiger partial charge in [-0.1, -0.05) is 51.7 Å².